The molecule has 26 heavy (non-hydrogen) atoms. The number of unbranched alkanes of at least 4 members (excludes halogenated alkanes) is 9. The summed E-state index contributed by atoms with van der Waals surface area (Å²) in [6, 6.07) is 9.96. The highest BCUT2D eigenvalue weighted by molar-refractivity contribution is 5.82. The average Bonchev–Trinajstić information content (AvgIpc) is 2.59. The van der Waals surface area contributed by atoms with Gasteiger partial charge in [0, 0.05) is 12.1 Å². The van der Waals surface area contributed by atoms with E-state index in [9.17, 15) is 4.79 Å². The van der Waals surface area contributed by atoms with Crippen molar-refractivity contribution in [2.24, 2.45) is 0 Å². The van der Waals surface area contributed by atoms with Gasteiger partial charge in [-0.3, -0.25) is 4.79 Å². The number of hydrogen-bond acceptors (Lipinski definition) is 1. The van der Waals surface area contributed by atoms with Gasteiger partial charge in [0.1, 0.15) is 0 Å². The molecule has 1 N–H and O–H groups in total. The summed E-state index contributed by atoms with van der Waals surface area (Å²) in [5.74, 6) is 0.139. The molecule has 0 saturated heterocycles. The fourth-order valence-corrected chi connectivity index (χ4v) is 3.51. The van der Waals surface area contributed by atoms with Crippen molar-refractivity contribution in [2.75, 3.05) is 27.7 Å². The molecule has 0 spiro atoms. The van der Waals surface area contributed by atoms with Crippen LogP contribution >= 0.6 is 0 Å². The Kier molecular flexibility index (Phi) is 11.3. The second-order valence-corrected chi connectivity index (χ2v) is 8.40. The Bertz CT molecular complexity index is 479. The number of carbonyl (C=O) groups excluding carboxylic acids is 1. The van der Waals surface area contributed by atoms with Crippen LogP contribution in [0.1, 0.15) is 82.7 Å². The largest absolute Gasteiger partial charge is 0.351 e. The molecule has 1 unspecified atom stereocenters. The Labute approximate surface area is 161 Å². The first-order valence-corrected chi connectivity index (χ1v) is 10.6. The minimum atomic E-state index is -0.153. The molecule has 0 aliphatic carbocycles. The Morgan fingerprint density at radius 3 is 1.85 bits per heavy atom. The van der Waals surface area contributed by atoms with Crippen molar-refractivity contribution in [3.8, 4) is 0 Å². The Morgan fingerprint density at radius 2 is 1.35 bits per heavy atom. The fourth-order valence-electron chi connectivity index (χ4n) is 3.51. The molecular weight excluding hydrogens is 320 g/mol. The van der Waals surface area contributed by atoms with E-state index in [1.54, 1.807) is 0 Å². The Hall–Kier alpha value is -1.35. The fraction of sp³-hybridized carbons (Fsp3) is 0.696. The van der Waals surface area contributed by atoms with E-state index in [2.05, 4.69) is 33.4 Å². The van der Waals surface area contributed by atoms with Crippen molar-refractivity contribution in [2.45, 2.75) is 77.2 Å². The monoisotopic (exact) mass is 361 g/mol. The van der Waals surface area contributed by atoms with Crippen LogP contribution in [0.4, 0.5) is 0 Å². The molecule has 0 aromatic heterocycles. The second kappa shape index (κ2) is 12.9. The molecular formula is C23H41N2O+. The molecule has 3 nitrogen and oxygen atoms in total. The predicted octanol–water partition coefficient (Wildman–Crippen LogP) is 5.47. The van der Waals surface area contributed by atoms with Crippen LogP contribution in [0.15, 0.2) is 30.3 Å². The molecule has 0 saturated carbocycles. The highest BCUT2D eigenvalue weighted by Gasteiger charge is 2.32. The first kappa shape index (κ1) is 22.7. The maximum atomic E-state index is 12.7. The van der Waals surface area contributed by atoms with E-state index in [1.807, 2.05) is 30.3 Å². The third kappa shape index (κ3) is 9.38. The van der Waals surface area contributed by atoms with Crippen LogP contribution < -0.4 is 5.32 Å². The van der Waals surface area contributed by atoms with Crippen LogP contribution in [-0.2, 0) is 4.79 Å². The molecule has 1 atom stereocenters. The number of hydrogen-bond donors (Lipinski definition) is 1. The van der Waals surface area contributed by atoms with Gasteiger partial charge >= 0.3 is 0 Å². The van der Waals surface area contributed by atoms with E-state index < -0.39 is 0 Å². The number of quaternary nitrogens is 1. The van der Waals surface area contributed by atoms with Crippen LogP contribution in [-0.4, -0.2) is 38.1 Å². The predicted molar refractivity (Wildman–Crippen MR) is 112 cm³/mol. The van der Waals surface area contributed by atoms with Gasteiger partial charge in [-0.1, -0.05) is 95.0 Å². The molecule has 0 aliphatic rings. The molecule has 148 valence electrons. The van der Waals surface area contributed by atoms with Crippen LogP contribution in [0.5, 0.6) is 0 Å². The summed E-state index contributed by atoms with van der Waals surface area (Å²) in [7, 11) is 6.24. The van der Waals surface area contributed by atoms with Gasteiger partial charge in [0.15, 0.2) is 6.04 Å². The SMILES string of the molecule is CCCCCCCCCCCCNC(=O)C(c1ccccc1)[N+](C)(C)C. The van der Waals surface area contributed by atoms with Gasteiger partial charge in [0.05, 0.1) is 21.1 Å². The number of carbonyl (C=O) groups is 1. The lowest BCUT2D eigenvalue weighted by Crippen LogP contribution is -2.47. The van der Waals surface area contributed by atoms with Crippen LogP contribution in [0.2, 0.25) is 0 Å². The highest BCUT2D eigenvalue weighted by atomic mass is 16.2. The number of benzene rings is 1. The zero-order valence-electron chi connectivity index (χ0n) is 17.6. The van der Waals surface area contributed by atoms with E-state index in [1.165, 1.54) is 57.8 Å². The molecule has 0 bridgehead atoms. The van der Waals surface area contributed by atoms with Crippen molar-refractivity contribution < 1.29 is 9.28 Å². The van der Waals surface area contributed by atoms with E-state index >= 15 is 0 Å². The van der Waals surface area contributed by atoms with Gasteiger partial charge in [-0.2, -0.15) is 0 Å². The summed E-state index contributed by atoms with van der Waals surface area (Å²) in [5, 5.41) is 3.16. The van der Waals surface area contributed by atoms with Crippen molar-refractivity contribution in [1.29, 1.82) is 0 Å². The molecule has 0 aliphatic heterocycles. The van der Waals surface area contributed by atoms with E-state index in [0.29, 0.717) is 4.48 Å². The zero-order valence-corrected chi connectivity index (χ0v) is 17.6. The standard InChI is InChI=1S/C23H40N2O/c1-5-6-7-8-9-10-11-12-13-17-20-24-23(26)22(25(2,3)4)21-18-15-14-16-19-21/h14-16,18-19,22H,5-13,17,20H2,1-4H3/p+1. The summed E-state index contributed by atoms with van der Waals surface area (Å²) in [5.41, 5.74) is 1.08. The second-order valence-electron chi connectivity index (χ2n) is 8.40. The van der Waals surface area contributed by atoms with Gasteiger partial charge < -0.3 is 9.80 Å². The molecule has 0 fully saturated rings. The molecule has 1 aromatic rings. The molecule has 1 aromatic carbocycles. The number of amides is 1. The first-order valence-electron chi connectivity index (χ1n) is 10.6. The smallest absolute Gasteiger partial charge is 0.283 e. The van der Waals surface area contributed by atoms with Crippen molar-refractivity contribution in [3.05, 3.63) is 35.9 Å². The lowest BCUT2D eigenvalue weighted by molar-refractivity contribution is -0.892. The number of nitrogens with one attached hydrogen (secondary N) is 1. The Morgan fingerprint density at radius 1 is 0.846 bits per heavy atom. The zero-order chi connectivity index (χ0) is 19.3. The maximum Gasteiger partial charge on any atom is 0.283 e. The third-order valence-electron chi connectivity index (χ3n) is 4.97. The minimum Gasteiger partial charge on any atom is -0.351 e. The van der Waals surface area contributed by atoms with Crippen LogP contribution in [0, 0.1) is 0 Å². The lowest BCUT2D eigenvalue weighted by atomic mass is 10.0. The normalized spacial score (nSPS) is 12.8. The molecule has 1 amide bonds. The minimum absolute atomic E-state index is 0.139. The molecule has 0 heterocycles. The maximum absolute atomic E-state index is 12.7. The number of rotatable bonds is 14. The summed E-state index contributed by atoms with van der Waals surface area (Å²) in [6.07, 6.45) is 13.2. The summed E-state index contributed by atoms with van der Waals surface area (Å²) < 4.78 is 0.605. The number of nitrogens with zero attached hydrogens (tertiary/aromatic N) is 1. The van der Waals surface area contributed by atoms with Gasteiger partial charge in [0.2, 0.25) is 0 Å². The van der Waals surface area contributed by atoms with Gasteiger partial charge in [-0.25, -0.2) is 0 Å². The molecule has 1 rings (SSSR count). The highest BCUT2D eigenvalue weighted by Crippen LogP contribution is 2.23. The van der Waals surface area contributed by atoms with Gasteiger partial charge in [0.25, 0.3) is 5.91 Å². The number of likely N-dealkylation sites (N-methyl/N-ethyl adjacent to an activating group) is 1. The van der Waals surface area contributed by atoms with Crippen LogP contribution in [0.3, 0.4) is 0 Å². The average molecular weight is 362 g/mol. The van der Waals surface area contributed by atoms with Crippen LogP contribution in [0.25, 0.3) is 0 Å². The quantitative estimate of drug-likeness (QED) is 0.345. The van der Waals surface area contributed by atoms with Crippen molar-refractivity contribution in [3.63, 3.8) is 0 Å². The van der Waals surface area contributed by atoms with Gasteiger partial charge in [-0.05, 0) is 6.42 Å². The lowest BCUT2D eigenvalue weighted by Gasteiger charge is -2.33. The van der Waals surface area contributed by atoms with E-state index in [0.717, 1.165) is 18.5 Å². The van der Waals surface area contributed by atoms with Gasteiger partial charge in [-0.15, -0.1) is 0 Å². The van der Waals surface area contributed by atoms with Crippen molar-refractivity contribution >= 4 is 5.91 Å². The summed E-state index contributed by atoms with van der Waals surface area (Å²) >= 11 is 0. The topological polar surface area (TPSA) is 29.1 Å². The van der Waals surface area contributed by atoms with E-state index in [4.69, 9.17) is 0 Å². The van der Waals surface area contributed by atoms with Crippen molar-refractivity contribution in [1.82, 2.24) is 5.32 Å². The summed E-state index contributed by atoms with van der Waals surface area (Å²) in [6.45, 7) is 3.06. The first-order chi connectivity index (χ1) is 12.5. The molecule has 0 radical (unpaired) electrons. The third-order valence-corrected chi connectivity index (χ3v) is 4.97. The Balaban J connectivity index is 2.20. The van der Waals surface area contributed by atoms with E-state index in [-0.39, 0.29) is 11.9 Å². The molecule has 3 heteroatoms. The summed E-state index contributed by atoms with van der Waals surface area (Å²) in [4.78, 5) is 12.7.